The summed E-state index contributed by atoms with van der Waals surface area (Å²) in [6, 6.07) is 25.6. The lowest BCUT2D eigenvalue weighted by Crippen LogP contribution is -2.38. The number of halogens is 1. The van der Waals surface area contributed by atoms with Crippen LogP contribution in [0.2, 0.25) is 0 Å². The number of fused-ring (bicyclic) bond motifs is 1. The molecular formula is C30H27FN6S2. The quantitative estimate of drug-likeness (QED) is 0.173. The van der Waals surface area contributed by atoms with Crippen molar-refractivity contribution in [3.05, 3.63) is 97.1 Å². The second-order valence-electron chi connectivity index (χ2n) is 9.24. The van der Waals surface area contributed by atoms with Gasteiger partial charge in [0.2, 0.25) is 5.95 Å². The third-order valence-electron chi connectivity index (χ3n) is 6.50. The van der Waals surface area contributed by atoms with Crippen LogP contribution in [-0.2, 0) is 0 Å². The normalized spacial score (nSPS) is 15.3. The van der Waals surface area contributed by atoms with Crippen LogP contribution in [0.15, 0.2) is 106 Å². The van der Waals surface area contributed by atoms with Gasteiger partial charge in [0.05, 0.1) is 5.69 Å². The first-order valence-electron chi connectivity index (χ1n) is 12.9. The smallest absolute Gasteiger partial charge is 0.223 e. The molecule has 0 spiro atoms. The maximum atomic E-state index is 15.2. The molecule has 3 heterocycles. The van der Waals surface area contributed by atoms with Gasteiger partial charge in [0.1, 0.15) is 10.8 Å². The lowest BCUT2D eigenvalue weighted by Gasteiger charge is -2.23. The Bertz CT molecular complexity index is 1590. The van der Waals surface area contributed by atoms with Crippen molar-refractivity contribution in [2.75, 3.05) is 23.1 Å². The van der Waals surface area contributed by atoms with Gasteiger partial charge in [0.15, 0.2) is 0 Å². The fraction of sp³-hybridized carbons (Fsp3) is 0.167. The summed E-state index contributed by atoms with van der Waals surface area (Å²) in [5.41, 5.74) is 2.28. The van der Waals surface area contributed by atoms with Crippen molar-refractivity contribution in [3.63, 3.8) is 0 Å². The van der Waals surface area contributed by atoms with Gasteiger partial charge in [-0.15, -0.1) is 0 Å². The Balaban J connectivity index is 1.17. The summed E-state index contributed by atoms with van der Waals surface area (Å²) >= 11 is 2.77. The molecule has 196 valence electrons. The molecule has 3 N–H and O–H groups in total. The van der Waals surface area contributed by atoms with Gasteiger partial charge < -0.3 is 15.4 Å². The minimum absolute atomic E-state index is 0.303. The number of hydrogen-bond donors (Lipinski definition) is 3. The van der Waals surface area contributed by atoms with Gasteiger partial charge in [-0.05, 0) is 84.6 Å². The van der Waals surface area contributed by atoms with E-state index in [4.69, 9.17) is 4.98 Å². The van der Waals surface area contributed by atoms with Crippen LogP contribution in [0.5, 0.6) is 0 Å². The van der Waals surface area contributed by atoms with Gasteiger partial charge in [0.25, 0.3) is 0 Å². The number of hydrogen-bond acceptors (Lipinski definition) is 8. The summed E-state index contributed by atoms with van der Waals surface area (Å²) in [6.07, 6.45) is 5.67. The number of benzene rings is 3. The van der Waals surface area contributed by atoms with Crippen LogP contribution in [0.1, 0.15) is 12.8 Å². The van der Waals surface area contributed by atoms with Crippen LogP contribution in [0.25, 0.3) is 22.0 Å². The fourth-order valence-corrected chi connectivity index (χ4v) is 6.25. The van der Waals surface area contributed by atoms with E-state index in [2.05, 4.69) is 49.6 Å². The average molecular weight is 555 g/mol. The Morgan fingerprint density at radius 1 is 0.897 bits per heavy atom. The molecule has 1 fully saturated rings. The zero-order chi connectivity index (χ0) is 26.4. The predicted octanol–water partition coefficient (Wildman–Crippen LogP) is 7.27. The maximum Gasteiger partial charge on any atom is 0.223 e. The van der Waals surface area contributed by atoms with Gasteiger partial charge in [-0.1, -0.05) is 48.2 Å². The van der Waals surface area contributed by atoms with Crippen molar-refractivity contribution < 1.29 is 4.39 Å². The van der Waals surface area contributed by atoms with E-state index >= 15 is 4.39 Å². The number of piperidine rings is 1. The molecule has 6 nitrogen and oxygen atoms in total. The molecular weight excluding hydrogens is 528 g/mol. The van der Waals surface area contributed by atoms with E-state index < -0.39 is 0 Å². The average Bonchev–Trinajstić information content (AvgIpc) is 2.98. The topological polar surface area (TPSA) is 74.8 Å². The van der Waals surface area contributed by atoms with Crippen LogP contribution in [0.3, 0.4) is 0 Å². The molecule has 0 aliphatic carbocycles. The summed E-state index contributed by atoms with van der Waals surface area (Å²) < 4.78 is 18.5. The minimum Gasteiger partial charge on any atom is -0.350 e. The Hall–Kier alpha value is -3.66. The van der Waals surface area contributed by atoms with E-state index in [0.717, 1.165) is 47.5 Å². The van der Waals surface area contributed by atoms with Crippen LogP contribution in [-0.4, -0.2) is 34.1 Å². The molecule has 1 aliphatic rings. The Morgan fingerprint density at radius 2 is 1.82 bits per heavy atom. The molecule has 1 atom stereocenters. The summed E-state index contributed by atoms with van der Waals surface area (Å²) in [5, 5.41) is 9.84. The van der Waals surface area contributed by atoms with Gasteiger partial charge in [-0.2, -0.15) is 0 Å². The van der Waals surface area contributed by atoms with Gasteiger partial charge in [-0.25, -0.2) is 19.3 Å². The van der Waals surface area contributed by atoms with Crippen LogP contribution in [0.4, 0.5) is 16.0 Å². The van der Waals surface area contributed by atoms with E-state index in [-0.39, 0.29) is 5.82 Å². The summed E-state index contributed by atoms with van der Waals surface area (Å²) in [7, 11) is 0. The number of nitrogens with one attached hydrogen (secondary N) is 3. The van der Waals surface area contributed by atoms with Crippen LogP contribution in [0, 0.1) is 5.82 Å². The highest BCUT2D eigenvalue weighted by atomic mass is 32.2. The van der Waals surface area contributed by atoms with E-state index in [1.165, 1.54) is 35.2 Å². The van der Waals surface area contributed by atoms with E-state index in [1.54, 1.807) is 18.5 Å². The molecule has 0 saturated carbocycles. The van der Waals surface area contributed by atoms with Crippen LogP contribution < -0.4 is 15.4 Å². The fourth-order valence-electron chi connectivity index (χ4n) is 4.55. The summed E-state index contributed by atoms with van der Waals surface area (Å²) in [5.74, 6) is 0.279. The molecule has 0 bridgehead atoms. The standard InChI is InChI=1S/C30H27FN6S2/c31-25-18-21(37-39-27-11-3-7-20-6-1-2-9-23(20)27)12-13-28(25)38-29-24(10-5-16-33-29)26-14-17-34-30(36-26)35-22-8-4-15-32-19-22/h1-3,5-7,9-14,16-18,22,32,37H,4,8,15,19H2,(H,34,35,36). The largest absolute Gasteiger partial charge is 0.350 e. The van der Waals surface area contributed by atoms with Crippen molar-refractivity contribution in [2.24, 2.45) is 0 Å². The Labute approximate surface area is 235 Å². The maximum absolute atomic E-state index is 15.2. The Morgan fingerprint density at radius 3 is 2.72 bits per heavy atom. The number of pyridine rings is 1. The van der Waals surface area contributed by atoms with Crippen molar-refractivity contribution >= 4 is 46.1 Å². The third-order valence-corrected chi connectivity index (χ3v) is 8.48. The Kier molecular flexibility index (Phi) is 7.90. The monoisotopic (exact) mass is 554 g/mol. The summed E-state index contributed by atoms with van der Waals surface area (Å²) in [6.45, 7) is 1.94. The first kappa shape index (κ1) is 25.6. The highest BCUT2D eigenvalue weighted by molar-refractivity contribution is 8.00. The highest BCUT2D eigenvalue weighted by Crippen LogP contribution is 2.36. The molecule has 0 amide bonds. The van der Waals surface area contributed by atoms with Crippen molar-refractivity contribution in [2.45, 2.75) is 33.7 Å². The molecule has 0 radical (unpaired) electrons. The number of rotatable bonds is 8. The first-order chi connectivity index (χ1) is 19.2. The zero-order valence-corrected chi connectivity index (χ0v) is 22.7. The first-order valence-corrected chi connectivity index (χ1v) is 14.5. The minimum atomic E-state index is -0.310. The molecule has 2 aromatic heterocycles. The number of anilines is 2. The van der Waals surface area contributed by atoms with Crippen molar-refractivity contribution in [3.8, 4) is 11.3 Å². The molecule has 3 aromatic carbocycles. The van der Waals surface area contributed by atoms with E-state index in [0.29, 0.717) is 27.6 Å². The van der Waals surface area contributed by atoms with Crippen molar-refractivity contribution in [1.82, 2.24) is 20.3 Å². The lowest BCUT2D eigenvalue weighted by atomic mass is 10.1. The SMILES string of the molecule is Fc1cc(NSc2cccc3ccccc23)ccc1Sc1ncccc1-c1ccnc(NC2CCCNC2)n1. The molecule has 1 unspecified atom stereocenters. The van der Waals surface area contributed by atoms with Gasteiger partial charge in [-0.3, -0.25) is 0 Å². The third kappa shape index (κ3) is 6.16. The molecule has 1 saturated heterocycles. The van der Waals surface area contributed by atoms with Crippen LogP contribution >= 0.6 is 23.7 Å². The van der Waals surface area contributed by atoms with Crippen molar-refractivity contribution in [1.29, 1.82) is 0 Å². The molecule has 9 heteroatoms. The molecule has 1 aliphatic heterocycles. The lowest BCUT2D eigenvalue weighted by molar-refractivity contribution is 0.478. The second-order valence-corrected chi connectivity index (χ2v) is 11.1. The predicted molar refractivity (Wildman–Crippen MR) is 159 cm³/mol. The van der Waals surface area contributed by atoms with Gasteiger partial charge in [0, 0.05) is 46.0 Å². The number of aromatic nitrogens is 3. The van der Waals surface area contributed by atoms with E-state index in [1.807, 2.05) is 42.5 Å². The summed E-state index contributed by atoms with van der Waals surface area (Å²) in [4.78, 5) is 15.3. The zero-order valence-electron chi connectivity index (χ0n) is 21.1. The molecule has 39 heavy (non-hydrogen) atoms. The molecule has 6 rings (SSSR count). The number of nitrogens with zero attached hydrogens (tertiary/aromatic N) is 3. The highest BCUT2D eigenvalue weighted by Gasteiger charge is 2.16. The van der Waals surface area contributed by atoms with Gasteiger partial charge >= 0.3 is 0 Å². The second kappa shape index (κ2) is 12.0. The molecule has 5 aromatic rings. The van der Waals surface area contributed by atoms with E-state index in [9.17, 15) is 0 Å².